The van der Waals surface area contributed by atoms with Crippen LogP contribution in [0.2, 0.25) is 0 Å². The lowest BCUT2D eigenvalue weighted by molar-refractivity contribution is -0.121. The van der Waals surface area contributed by atoms with Crippen LogP contribution < -0.4 is 5.32 Å². The second kappa shape index (κ2) is 11.3. The second-order valence-corrected chi connectivity index (χ2v) is 10.3. The van der Waals surface area contributed by atoms with Crippen LogP contribution >= 0.6 is 11.8 Å². The molecule has 1 heterocycles. The number of nitrogens with zero attached hydrogens (tertiary/aromatic N) is 3. The number of aromatic nitrogens is 3. The maximum atomic E-state index is 13.5. The van der Waals surface area contributed by atoms with E-state index in [0.29, 0.717) is 29.4 Å². The van der Waals surface area contributed by atoms with Gasteiger partial charge in [0.1, 0.15) is 6.33 Å². The smallest absolute Gasteiger partial charge is 0.243 e. The Labute approximate surface area is 192 Å². The molecule has 1 amide bonds. The summed E-state index contributed by atoms with van der Waals surface area (Å²) in [4.78, 5) is 16.8. The third-order valence-electron chi connectivity index (χ3n) is 4.83. The lowest BCUT2D eigenvalue weighted by atomic mass is 10.1. The number of sulfonamides is 1. The zero-order valence-corrected chi connectivity index (χ0v) is 19.7. The fraction of sp³-hybridized carbons (Fsp3) is 0.318. The molecular weight excluding hydrogens is 446 g/mol. The first-order chi connectivity index (χ1) is 15.4. The molecule has 0 saturated heterocycles. The van der Waals surface area contributed by atoms with Crippen molar-refractivity contribution >= 4 is 27.7 Å². The molecule has 10 heteroatoms. The average Bonchev–Trinajstić information content (AvgIpc) is 3.30. The fourth-order valence-corrected chi connectivity index (χ4v) is 5.47. The van der Waals surface area contributed by atoms with Crippen molar-refractivity contribution in [3.05, 3.63) is 71.5 Å². The van der Waals surface area contributed by atoms with Gasteiger partial charge in [0.15, 0.2) is 5.16 Å². The number of carbonyl (C=O) groups is 1. The predicted octanol–water partition coefficient (Wildman–Crippen LogP) is 2.56. The van der Waals surface area contributed by atoms with Crippen molar-refractivity contribution in [2.45, 2.75) is 30.3 Å². The van der Waals surface area contributed by atoms with E-state index in [9.17, 15) is 13.2 Å². The van der Waals surface area contributed by atoms with E-state index in [1.165, 1.54) is 22.4 Å². The first kappa shape index (κ1) is 24.0. The number of aromatic amines is 1. The Bertz CT molecular complexity index is 1120. The van der Waals surface area contributed by atoms with Gasteiger partial charge in [-0.05, 0) is 43.0 Å². The first-order valence-electron chi connectivity index (χ1n) is 10.2. The molecule has 0 unspecified atom stereocenters. The lowest BCUT2D eigenvalue weighted by Crippen LogP contribution is -2.42. The highest BCUT2D eigenvalue weighted by atomic mass is 32.2. The number of aryl methyl sites for hydroxylation is 2. The molecule has 0 aliphatic heterocycles. The van der Waals surface area contributed by atoms with Crippen LogP contribution in [0.15, 0.2) is 64.9 Å². The summed E-state index contributed by atoms with van der Waals surface area (Å²) in [5.41, 5.74) is 2.52. The van der Waals surface area contributed by atoms with E-state index in [4.69, 9.17) is 0 Å². The van der Waals surface area contributed by atoms with Gasteiger partial charge >= 0.3 is 0 Å². The largest absolute Gasteiger partial charge is 0.354 e. The molecule has 0 fully saturated rings. The van der Waals surface area contributed by atoms with Gasteiger partial charge in [-0.15, -0.1) is 0 Å². The van der Waals surface area contributed by atoms with Crippen molar-refractivity contribution in [2.75, 3.05) is 25.4 Å². The minimum absolute atomic E-state index is 0.208. The van der Waals surface area contributed by atoms with Crippen LogP contribution in [0.25, 0.3) is 0 Å². The van der Waals surface area contributed by atoms with Crippen LogP contribution in [0.3, 0.4) is 0 Å². The van der Waals surface area contributed by atoms with Crippen LogP contribution in [0.1, 0.15) is 16.7 Å². The molecule has 32 heavy (non-hydrogen) atoms. The highest BCUT2D eigenvalue weighted by Gasteiger charge is 2.28. The molecule has 2 N–H and O–H groups in total. The van der Waals surface area contributed by atoms with E-state index < -0.39 is 10.0 Å². The van der Waals surface area contributed by atoms with Gasteiger partial charge in [-0.3, -0.25) is 9.89 Å². The highest BCUT2D eigenvalue weighted by Crippen LogP contribution is 2.22. The van der Waals surface area contributed by atoms with Crippen molar-refractivity contribution in [1.29, 1.82) is 0 Å². The molecule has 1 aromatic heterocycles. The van der Waals surface area contributed by atoms with Crippen molar-refractivity contribution in [1.82, 2.24) is 24.8 Å². The topological polar surface area (TPSA) is 108 Å². The molecule has 0 radical (unpaired) electrons. The van der Waals surface area contributed by atoms with Crippen LogP contribution in [0.4, 0.5) is 0 Å². The van der Waals surface area contributed by atoms with Crippen LogP contribution in [-0.4, -0.2) is 59.2 Å². The lowest BCUT2D eigenvalue weighted by Gasteiger charge is -2.23. The number of nitrogens with one attached hydrogen (secondary N) is 2. The molecule has 170 valence electrons. The van der Waals surface area contributed by atoms with Crippen LogP contribution in [0.5, 0.6) is 0 Å². The number of rotatable bonds is 11. The summed E-state index contributed by atoms with van der Waals surface area (Å²) in [7, 11) is -3.84. The Morgan fingerprint density at radius 3 is 2.66 bits per heavy atom. The molecule has 2 aromatic carbocycles. The molecule has 0 spiro atoms. The number of hydrogen-bond acceptors (Lipinski definition) is 6. The third-order valence-corrected chi connectivity index (χ3v) is 7.70. The SMILES string of the molecule is Cc1ccc(C)c(S(=O)(=O)N(CCc2ccccc2)CC(=O)NCCSc2ncn[nH]2)c1. The van der Waals surface area contributed by atoms with Gasteiger partial charge in [0.05, 0.1) is 11.4 Å². The third kappa shape index (κ3) is 6.65. The zero-order valence-electron chi connectivity index (χ0n) is 18.1. The number of H-pyrrole nitrogens is 1. The molecule has 0 saturated carbocycles. The maximum absolute atomic E-state index is 13.5. The summed E-state index contributed by atoms with van der Waals surface area (Å²) in [5.74, 6) is 0.249. The number of carbonyl (C=O) groups excluding carboxylic acids is 1. The molecule has 0 aliphatic carbocycles. The molecule has 0 aliphatic rings. The first-order valence-corrected chi connectivity index (χ1v) is 12.6. The van der Waals surface area contributed by atoms with Crippen molar-refractivity contribution < 1.29 is 13.2 Å². The quantitative estimate of drug-likeness (QED) is 0.327. The van der Waals surface area contributed by atoms with Gasteiger partial charge in [-0.25, -0.2) is 13.4 Å². The van der Waals surface area contributed by atoms with Crippen LogP contribution in [-0.2, 0) is 21.2 Å². The Morgan fingerprint density at radius 2 is 1.94 bits per heavy atom. The number of thioether (sulfide) groups is 1. The summed E-state index contributed by atoms with van der Waals surface area (Å²) in [6.07, 6.45) is 1.93. The van der Waals surface area contributed by atoms with Gasteiger partial charge < -0.3 is 5.32 Å². The molecule has 3 aromatic rings. The molecular formula is C22H27N5O3S2. The van der Waals surface area contributed by atoms with Gasteiger partial charge in [0.2, 0.25) is 15.9 Å². The van der Waals surface area contributed by atoms with E-state index in [0.717, 1.165) is 11.1 Å². The average molecular weight is 474 g/mol. The summed E-state index contributed by atoms with van der Waals surface area (Å²) in [6, 6.07) is 15.0. The Morgan fingerprint density at radius 1 is 1.16 bits per heavy atom. The Hall–Kier alpha value is -2.69. The number of benzene rings is 2. The molecule has 0 bridgehead atoms. The van der Waals surface area contributed by atoms with Crippen molar-refractivity contribution in [2.24, 2.45) is 0 Å². The van der Waals surface area contributed by atoms with Gasteiger partial charge in [-0.1, -0.05) is 54.2 Å². The van der Waals surface area contributed by atoms with Crippen LogP contribution in [0, 0.1) is 13.8 Å². The molecule has 8 nitrogen and oxygen atoms in total. The monoisotopic (exact) mass is 473 g/mol. The number of hydrogen-bond donors (Lipinski definition) is 2. The number of amides is 1. The molecule has 0 atom stereocenters. The summed E-state index contributed by atoms with van der Waals surface area (Å²) < 4.78 is 28.2. The van der Waals surface area contributed by atoms with E-state index >= 15 is 0 Å². The standard InChI is InChI=1S/C22H27N5O3S2/c1-17-8-9-18(2)20(14-17)32(29,30)27(12-10-19-6-4-3-5-7-19)15-21(28)23-11-13-31-22-24-16-25-26-22/h3-9,14,16H,10-13,15H2,1-2H3,(H,23,28)(H,24,25,26). The fourth-order valence-electron chi connectivity index (χ4n) is 3.13. The Balaban J connectivity index is 1.69. The zero-order chi connectivity index (χ0) is 23.0. The van der Waals surface area contributed by atoms with Crippen molar-refractivity contribution in [3.8, 4) is 0 Å². The van der Waals surface area contributed by atoms with E-state index in [-0.39, 0.29) is 23.9 Å². The summed E-state index contributed by atoms with van der Waals surface area (Å²) in [6.45, 7) is 3.98. The summed E-state index contributed by atoms with van der Waals surface area (Å²) in [5, 5.41) is 9.97. The normalized spacial score (nSPS) is 11.6. The van der Waals surface area contributed by atoms with Crippen molar-refractivity contribution in [3.63, 3.8) is 0 Å². The van der Waals surface area contributed by atoms with E-state index in [1.54, 1.807) is 19.1 Å². The predicted molar refractivity (Wildman–Crippen MR) is 125 cm³/mol. The minimum atomic E-state index is -3.84. The summed E-state index contributed by atoms with van der Waals surface area (Å²) >= 11 is 1.43. The van der Waals surface area contributed by atoms with Gasteiger partial charge in [0.25, 0.3) is 0 Å². The van der Waals surface area contributed by atoms with E-state index in [2.05, 4.69) is 20.5 Å². The van der Waals surface area contributed by atoms with Gasteiger partial charge in [-0.2, -0.15) is 9.40 Å². The highest BCUT2D eigenvalue weighted by molar-refractivity contribution is 7.99. The Kier molecular flexibility index (Phi) is 8.43. The van der Waals surface area contributed by atoms with E-state index in [1.807, 2.05) is 43.3 Å². The minimum Gasteiger partial charge on any atom is -0.354 e. The maximum Gasteiger partial charge on any atom is 0.243 e. The van der Waals surface area contributed by atoms with Gasteiger partial charge in [0, 0.05) is 18.8 Å². The second-order valence-electron chi connectivity index (χ2n) is 7.33. The molecule has 3 rings (SSSR count).